The Morgan fingerprint density at radius 1 is 1.53 bits per heavy atom. The van der Waals surface area contributed by atoms with Crippen LogP contribution >= 0.6 is 0 Å². The lowest BCUT2D eigenvalue weighted by atomic mass is 10.0. The lowest BCUT2D eigenvalue weighted by molar-refractivity contribution is -0.0708. The molecule has 0 amide bonds. The molecule has 1 heterocycles. The third-order valence-corrected chi connectivity index (χ3v) is 3.92. The van der Waals surface area contributed by atoms with E-state index in [0.717, 1.165) is 13.0 Å². The van der Waals surface area contributed by atoms with Crippen LogP contribution in [-0.4, -0.2) is 35.3 Å². The third kappa shape index (κ3) is 3.07. The van der Waals surface area contributed by atoms with Crippen molar-refractivity contribution in [3.63, 3.8) is 0 Å². The van der Waals surface area contributed by atoms with E-state index in [-0.39, 0.29) is 23.7 Å². The number of phenols is 1. The fourth-order valence-electron chi connectivity index (χ4n) is 2.74. The molecule has 0 bridgehead atoms. The maximum absolute atomic E-state index is 13.4. The smallest absolute Gasteiger partial charge is 0.123 e. The van der Waals surface area contributed by atoms with Crippen molar-refractivity contribution in [2.45, 2.75) is 45.4 Å². The Labute approximate surface area is 114 Å². The second kappa shape index (κ2) is 5.88. The number of halogens is 1. The highest BCUT2D eigenvalue weighted by atomic mass is 19.1. The summed E-state index contributed by atoms with van der Waals surface area (Å²) in [5, 5.41) is 9.94. The van der Waals surface area contributed by atoms with Crippen LogP contribution in [0.4, 0.5) is 4.39 Å². The molecule has 0 saturated carbocycles. The van der Waals surface area contributed by atoms with Gasteiger partial charge in [0.1, 0.15) is 11.6 Å². The van der Waals surface area contributed by atoms with E-state index in [1.165, 1.54) is 18.2 Å². The van der Waals surface area contributed by atoms with Gasteiger partial charge in [-0.05, 0) is 38.5 Å². The first-order chi connectivity index (χ1) is 9.02. The van der Waals surface area contributed by atoms with Crippen LogP contribution in [0.5, 0.6) is 5.75 Å². The van der Waals surface area contributed by atoms with E-state index < -0.39 is 0 Å². The van der Waals surface area contributed by atoms with Crippen molar-refractivity contribution in [2.24, 2.45) is 0 Å². The summed E-state index contributed by atoms with van der Waals surface area (Å²) in [6.45, 7) is 7.66. The highest BCUT2D eigenvalue weighted by molar-refractivity contribution is 5.35. The molecular formula is C15H22FNO2. The summed E-state index contributed by atoms with van der Waals surface area (Å²) < 4.78 is 19.0. The molecule has 1 aromatic carbocycles. The second-order valence-corrected chi connectivity index (χ2v) is 5.28. The molecule has 1 N–H and O–H groups in total. The largest absolute Gasteiger partial charge is 0.508 e. The first-order valence-corrected chi connectivity index (χ1v) is 6.88. The van der Waals surface area contributed by atoms with E-state index in [4.69, 9.17) is 4.74 Å². The van der Waals surface area contributed by atoms with Crippen LogP contribution in [0.3, 0.4) is 0 Å². The lowest BCUT2D eigenvalue weighted by Gasteiger charge is -2.42. The van der Waals surface area contributed by atoms with Gasteiger partial charge in [0.2, 0.25) is 0 Å². The van der Waals surface area contributed by atoms with Gasteiger partial charge in [0, 0.05) is 24.2 Å². The molecule has 2 rings (SSSR count). The summed E-state index contributed by atoms with van der Waals surface area (Å²) in [5.41, 5.74) is 0.646. The van der Waals surface area contributed by atoms with Crippen molar-refractivity contribution in [1.82, 2.24) is 4.90 Å². The molecular weight excluding hydrogens is 245 g/mol. The van der Waals surface area contributed by atoms with Gasteiger partial charge in [0.15, 0.2) is 0 Å². The minimum absolute atomic E-state index is 0.0213. The van der Waals surface area contributed by atoms with Gasteiger partial charge in [-0.15, -0.1) is 0 Å². The molecule has 0 radical (unpaired) electrons. The molecule has 0 aliphatic carbocycles. The average molecular weight is 267 g/mol. The Balaban J connectivity index is 2.25. The van der Waals surface area contributed by atoms with Crippen molar-refractivity contribution in [3.8, 4) is 5.75 Å². The fraction of sp³-hybridized carbons (Fsp3) is 0.600. The van der Waals surface area contributed by atoms with Crippen molar-refractivity contribution >= 4 is 0 Å². The summed E-state index contributed by atoms with van der Waals surface area (Å²) in [5.74, 6) is -0.156. The molecule has 1 fully saturated rings. The Hall–Kier alpha value is -1.13. The molecule has 106 valence electrons. The molecule has 1 aliphatic heterocycles. The van der Waals surface area contributed by atoms with Crippen molar-refractivity contribution in [2.75, 3.05) is 13.2 Å². The highest BCUT2D eigenvalue weighted by Crippen LogP contribution is 2.32. The number of phenolic OH excluding ortho intramolecular Hbond substituents is 1. The van der Waals surface area contributed by atoms with E-state index in [1.54, 1.807) is 0 Å². The number of hydrogen-bond acceptors (Lipinski definition) is 3. The quantitative estimate of drug-likeness (QED) is 0.913. The molecule has 4 heteroatoms. The molecule has 19 heavy (non-hydrogen) atoms. The topological polar surface area (TPSA) is 32.7 Å². The van der Waals surface area contributed by atoms with Crippen LogP contribution in [0, 0.1) is 5.82 Å². The van der Waals surface area contributed by atoms with E-state index >= 15 is 0 Å². The molecule has 0 spiro atoms. The highest BCUT2D eigenvalue weighted by Gasteiger charge is 2.30. The first-order valence-electron chi connectivity index (χ1n) is 6.88. The Morgan fingerprint density at radius 2 is 2.26 bits per heavy atom. The Morgan fingerprint density at radius 3 is 2.95 bits per heavy atom. The maximum atomic E-state index is 13.4. The molecule has 1 aromatic rings. The number of aromatic hydroxyl groups is 1. The minimum atomic E-state index is -0.311. The average Bonchev–Trinajstić information content (AvgIpc) is 2.40. The number of nitrogens with zero attached hydrogens (tertiary/aromatic N) is 1. The Bertz CT molecular complexity index is 438. The van der Waals surface area contributed by atoms with Gasteiger partial charge in [0.25, 0.3) is 0 Å². The van der Waals surface area contributed by atoms with Gasteiger partial charge >= 0.3 is 0 Å². The van der Waals surface area contributed by atoms with Gasteiger partial charge in [0.05, 0.1) is 12.7 Å². The van der Waals surface area contributed by atoms with Crippen LogP contribution in [0.15, 0.2) is 18.2 Å². The van der Waals surface area contributed by atoms with Crippen LogP contribution in [0.25, 0.3) is 0 Å². The van der Waals surface area contributed by atoms with Crippen LogP contribution in [0.1, 0.15) is 38.8 Å². The zero-order valence-corrected chi connectivity index (χ0v) is 11.8. The van der Waals surface area contributed by atoms with Crippen molar-refractivity contribution < 1.29 is 14.2 Å². The number of benzene rings is 1. The maximum Gasteiger partial charge on any atom is 0.123 e. The van der Waals surface area contributed by atoms with E-state index in [0.29, 0.717) is 18.2 Å². The monoisotopic (exact) mass is 267 g/mol. The standard InChI is InChI=1S/C15H22FNO2/c1-4-13-9-19-10(2)8-17(13)11(3)14-7-12(16)5-6-15(14)18/h5-7,10-11,13,18H,4,8-9H2,1-3H3. The predicted molar refractivity (Wildman–Crippen MR) is 72.7 cm³/mol. The second-order valence-electron chi connectivity index (χ2n) is 5.28. The predicted octanol–water partition coefficient (Wildman–Crippen LogP) is 3.09. The molecule has 1 saturated heterocycles. The number of rotatable bonds is 3. The molecule has 0 aromatic heterocycles. The van der Waals surface area contributed by atoms with E-state index in [2.05, 4.69) is 11.8 Å². The van der Waals surface area contributed by atoms with Crippen LogP contribution < -0.4 is 0 Å². The lowest BCUT2D eigenvalue weighted by Crippen LogP contribution is -2.49. The normalized spacial score (nSPS) is 26.3. The van der Waals surface area contributed by atoms with Gasteiger partial charge in [-0.25, -0.2) is 4.39 Å². The summed E-state index contributed by atoms with van der Waals surface area (Å²) in [6.07, 6.45) is 1.15. The summed E-state index contributed by atoms with van der Waals surface area (Å²) >= 11 is 0. The Kier molecular flexibility index (Phi) is 4.42. The van der Waals surface area contributed by atoms with E-state index in [9.17, 15) is 9.50 Å². The summed E-state index contributed by atoms with van der Waals surface area (Å²) in [6, 6.07) is 4.42. The SMILES string of the molecule is CCC1COC(C)CN1C(C)c1cc(F)ccc1O. The zero-order chi connectivity index (χ0) is 14.0. The number of morpholine rings is 1. The van der Waals surface area contributed by atoms with Gasteiger partial charge in [-0.2, -0.15) is 0 Å². The zero-order valence-electron chi connectivity index (χ0n) is 11.8. The van der Waals surface area contributed by atoms with Crippen LogP contribution in [-0.2, 0) is 4.74 Å². The minimum Gasteiger partial charge on any atom is -0.508 e. The molecule has 3 nitrogen and oxygen atoms in total. The molecule has 3 unspecified atom stereocenters. The van der Waals surface area contributed by atoms with Crippen LogP contribution in [0.2, 0.25) is 0 Å². The van der Waals surface area contributed by atoms with Gasteiger partial charge in [-0.1, -0.05) is 6.92 Å². The fourth-order valence-corrected chi connectivity index (χ4v) is 2.74. The third-order valence-electron chi connectivity index (χ3n) is 3.92. The number of ether oxygens (including phenoxy) is 1. The molecule has 3 atom stereocenters. The summed E-state index contributed by atoms with van der Waals surface area (Å²) in [4.78, 5) is 2.29. The summed E-state index contributed by atoms with van der Waals surface area (Å²) in [7, 11) is 0. The molecule has 1 aliphatic rings. The van der Waals surface area contributed by atoms with E-state index in [1.807, 2.05) is 13.8 Å². The van der Waals surface area contributed by atoms with Gasteiger partial charge in [-0.3, -0.25) is 4.90 Å². The van der Waals surface area contributed by atoms with Crippen molar-refractivity contribution in [1.29, 1.82) is 0 Å². The van der Waals surface area contributed by atoms with Crippen molar-refractivity contribution in [3.05, 3.63) is 29.6 Å². The first kappa shape index (κ1) is 14.3. The number of hydrogen-bond donors (Lipinski definition) is 1. The van der Waals surface area contributed by atoms with Gasteiger partial charge < -0.3 is 9.84 Å².